The Morgan fingerprint density at radius 2 is 1.76 bits per heavy atom. The molecule has 0 bridgehead atoms. The summed E-state index contributed by atoms with van der Waals surface area (Å²) in [5, 5.41) is 7.36. The molecule has 2 aliphatic heterocycles. The van der Waals surface area contributed by atoms with Crippen molar-refractivity contribution in [3.63, 3.8) is 0 Å². The average Bonchev–Trinajstić information content (AvgIpc) is 3.19. The second kappa shape index (κ2) is 10.2. The van der Waals surface area contributed by atoms with Gasteiger partial charge >= 0.3 is 12.4 Å². The maximum absolute atomic E-state index is 13.3. The van der Waals surface area contributed by atoms with Gasteiger partial charge in [-0.3, -0.25) is 5.10 Å². The first kappa shape index (κ1) is 25.2. The topological polar surface area (TPSA) is 87.5 Å². The lowest BCUT2D eigenvalue weighted by molar-refractivity contribution is -0.274. The third-order valence-electron chi connectivity index (χ3n) is 6.26. The van der Waals surface area contributed by atoms with E-state index in [0.717, 1.165) is 36.2 Å². The van der Waals surface area contributed by atoms with Gasteiger partial charge in [-0.1, -0.05) is 12.1 Å². The molecule has 33 heavy (non-hydrogen) atoms. The van der Waals surface area contributed by atoms with Crippen molar-refractivity contribution in [3.05, 3.63) is 47.3 Å². The second-order valence-electron chi connectivity index (χ2n) is 8.73. The van der Waals surface area contributed by atoms with Crippen LogP contribution >= 0.6 is 12.4 Å². The molecule has 0 saturated carbocycles. The summed E-state index contributed by atoms with van der Waals surface area (Å²) in [4.78, 5) is 17.0. The molecular formula is C22H29ClF3N5O2. The Morgan fingerprint density at radius 3 is 2.33 bits per heavy atom. The molecule has 1 aromatic carbocycles. The smallest absolute Gasteiger partial charge is 0.406 e. The monoisotopic (exact) mass is 487 g/mol. The van der Waals surface area contributed by atoms with Gasteiger partial charge in [0.1, 0.15) is 5.75 Å². The van der Waals surface area contributed by atoms with Crippen LogP contribution in [0.15, 0.2) is 30.3 Å². The fourth-order valence-corrected chi connectivity index (χ4v) is 4.59. The highest BCUT2D eigenvalue weighted by Gasteiger charge is 2.36. The minimum Gasteiger partial charge on any atom is -0.406 e. The Bertz CT molecular complexity index is 929. The van der Waals surface area contributed by atoms with Crippen LogP contribution in [-0.2, 0) is 0 Å². The number of aromatic nitrogens is 2. The SMILES string of the molecule is Cc1cc(C2CC(c3ccc(OC(F)(F)F)cc3)CN(C(=O)N3CCC(N)CC3)C2)n[nH]1.Cl. The summed E-state index contributed by atoms with van der Waals surface area (Å²) in [6, 6.07) is 8.03. The van der Waals surface area contributed by atoms with Gasteiger partial charge in [0.25, 0.3) is 0 Å². The Morgan fingerprint density at radius 1 is 1.12 bits per heavy atom. The van der Waals surface area contributed by atoms with Crippen LogP contribution in [0.4, 0.5) is 18.0 Å². The summed E-state index contributed by atoms with van der Waals surface area (Å²) in [6.07, 6.45) is -2.41. The summed E-state index contributed by atoms with van der Waals surface area (Å²) < 4.78 is 41.5. The molecule has 3 N–H and O–H groups in total. The van der Waals surface area contributed by atoms with E-state index in [0.29, 0.717) is 26.2 Å². The quantitative estimate of drug-likeness (QED) is 0.680. The van der Waals surface area contributed by atoms with Crippen molar-refractivity contribution in [2.45, 2.75) is 50.4 Å². The second-order valence-corrected chi connectivity index (χ2v) is 8.73. The zero-order chi connectivity index (χ0) is 22.9. The molecule has 2 unspecified atom stereocenters. The van der Waals surface area contributed by atoms with E-state index >= 15 is 0 Å². The standard InChI is InChI=1S/C22H28F3N5O2.ClH/c1-14-10-20(28-27-14)17-11-16(15-2-4-19(5-3-15)32-22(23,24)25)12-30(13-17)21(31)29-8-6-18(26)7-9-29;/h2-5,10,16-18H,6-9,11-13,26H2,1H3,(H,27,28);1H. The molecule has 1 aromatic heterocycles. The van der Waals surface area contributed by atoms with E-state index in [1.807, 2.05) is 22.8 Å². The van der Waals surface area contributed by atoms with Gasteiger partial charge in [0.15, 0.2) is 0 Å². The van der Waals surface area contributed by atoms with Crippen molar-refractivity contribution in [2.24, 2.45) is 5.73 Å². The minimum absolute atomic E-state index is 0. The van der Waals surface area contributed by atoms with Gasteiger partial charge < -0.3 is 20.3 Å². The average molecular weight is 488 g/mol. The van der Waals surface area contributed by atoms with Crippen molar-refractivity contribution in [3.8, 4) is 5.75 Å². The lowest BCUT2D eigenvalue weighted by atomic mass is 9.83. The third kappa shape index (κ3) is 6.32. The van der Waals surface area contributed by atoms with Gasteiger partial charge in [-0.05, 0) is 49.9 Å². The number of ether oxygens (including phenoxy) is 1. The van der Waals surface area contributed by atoms with Crippen LogP contribution in [0.2, 0.25) is 0 Å². The highest BCUT2D eigenvalue weighted by molar-refractivity contribution is 5.85. The van der Waals surface area contributed by atoms with Gasteiger partial charge in [-0.2, -0.15) is 5.10 Å². The van der Waals surface area contributed by atoms with Gasteiger partial charge in [-0.15, -0.1) is 25.6 Å². The van der Waals surface area contributed by atoms with Crippen LogP contribution in [-0.4, -0.2) is 64.6 Å². The molecule has 182 valence electrons. The van der Waals surface area contributed by atoms with Crippen molar-refractivity contribution < 1.29 is 22.7 Å². The van der Waals surface area contributed by atoms with E-state index in [2.05, 4.69) is 14.9 Å². The van der Waals surface area contributed by atoms with Crippen molar-refractivity contribution in [2.75, 3.05) is 26.2 Å². The van der Waals surface area contributed by atoms with Crippen molar-refractivity contribution in [1.82, 2.24) is 20.0 Å². The molecular weight excluding hydrogens is 459 g/mol. The Balaban J connectivity index is 0.00000306. The van der Waals surface area contributed by atoms with E-state index in [9.17, 15) is 18.0 Å². The molecule has 2 saturated heterocycles. The Kier molecular flexibility index (Phi) is 7.79. The number of H-pyrrole nitrogens is 1. The zero-order valence-electron chi connectivity index (χ0n) is 18.3. The van der Waals surface area contributed by atoms with E-state index in [-0.39, 0.29) is 42.1 Å². The number of nitrogens with one attached hydrogen (secondary N) is 1. The fraction of sp³-hybridized carbons (Fsp3) is 0.545. The number of hydrogen-bond acceptors (Lipinski definition) is 4. The predicted molar refractivity (Wildman–Crippen MR) is 120 cm³/mol. The van der Waals surface area contributed by atoms with Gasteiger partial charge in [0, 0.05) is 49.8 Å². The molecule has 0 aliphatic carbocycles. The number of hydrogen-bond donors (Lipinski definition) is 2. The number of carbonyl (C=O) groups excluding carboxylic acids is 1. The van der Waals surface area contributed by atoms with Gasteiger partial charge in [0.2, 0.25) is 0 Å². The predicted octanol–water partition coefficient (Wildman–Crippen LogP) is 4.15. The van der Waals surface area contributed by atoms with Gasteiger partial charge in [0.05, 0.1) is 5.69 Å². The number of halogens is 4. The molecule has 0 radical (unpaired) electrons. The Hall–Kier alpha value is -2.46. The fourth-order valence-electron chi connectivity index (χ4n) is 4.59. The number of nitrogens with zero attached hydrogens (tertiary/aromatic N) is 3. The Labute approximate surface area is 196 Å². The maximum atomic E-state index is 13.3. The maximum Gasteiger partial charge on any atom is 0.573 e. The summed E-state index contributed by atoms with van der Waals surface area (Å²) >= 11 is 0. The normalized spacial score (nSPS) is 22.1. The van der Waals surface area contributed by atoms with Crippen molar-refractivity contribution >= 4 is 18.4 Å². The van der Waals surface area contributed by atoms with Crippen LogP contribution in [0.1, 0.15) is 48.0 Å². The first-order valence-electron chi connectivity index (χ1n) is 10.8. The number of rotatable bonds is 3. The van der Waals surface area contributed by atoms with Crippen molar-refractivity contribution in [1.29, 1.82) is 0 Å². The zero-order valence-corrected chi connectivity index (χ0v) is 19.2. The molecule has 4 rings (SSSR count). The number of alkyl halides is 3. The van der Waals surface area contributed by atoms with E-state index in [1.165, 1.54) is 12.1 Å². The number of piperidine rings is 2. The molecule has 2 aromatic rings. The molecule has 0 spiro atoms. The summed E-state index contributed by atoms with van der Waals surface area (Å²) in [7, 11) is 0. The molecule has 3 heterocycles. The molecule has 2 atom stereocenters. The largest absolute Gasteiger partial charge is 0.573 e. The summed E-state index contributed by atoms with van der Waals surface area (Å²) in [5.74, 6) is -0.253. The minimum atomic E-state index is -4.73. The summed E-state index contributed by atoms with van der Waals surface area (Å²) in [6.45, 7) is 4.25. The van der Waals surface area contributed by atoms with Crippen LogP contribution in [0.5, 0.6) is 5.75 Å². The van der Waals surface area contributed by atoms with Crippen LogP contribution in [0.3, 0.4) is 0 Å². The molecule has 2 amide bonds. The van der Waals surface area contributed by atoms with E-state index in [1.54, 1.807) is 12.1 Å². The molecule has 2 fully saturated rings. The number of urea groups is 1. The van der Waals surface area contributed by atoms with Crippen LogP contribution < -0.4 is 10.5 Å². The number of amides is 2. The lowest BCUT2D eigenvalue weighted by Crippen LogP contribution is -2.52. The van der Waals surface area contributed by atoms with Crippen LogP contribution in [0, 0.1) is 6.92 Å². The summed E-state index contributed by atoms with van der Waals surface area (Å²) in [5.41, 5.74) is 8.69. The van der Waals surface area contributed by atoms with Gasteiger partial charge in [-0.25, -0.2) is 4.79 Å². The lowest BCUT2D eigenvalue weighted by Gasteiger charge is -2.41. The number of likely N-dealkylation sites (tertiary alicyclic amines) is 2. The van der Waals surface area contributed by atoms with E-state index in [4.69, 9.17) is 5.73 Å². The third-order valence-corrected chi connectivity index (χ3v) is 6.26. The number of nitrogens with two attached hydrogens (primary N) is 1. The highest BCUT2D eigenvalue weighted by Crippen LogP contribution is 2.37. The first-order chi connectivity index (χ1) is 15.2. The number of aryl methyl sites for hydroxylation is 1. The van der Waals surface area contributed by atoms with E-state index < -0.39 is 6.36 Å². The highest BCUT2D eigenvalue weighted by atomic mass is 35.5. The number of benzene rings is 1. The first-order valence-corrected chi connectivity index (χ1v) is 10.8. The molecule has 11 heteroatoms. The number of aromatic amines is 1. The molecule has 7 nitrogen and oxygen atoms in total. The molecule has 2 aliphatic rings. The van der Waals surface area contributed by atoms with Crippen LogP contribution in [0.25, 0.3) is 0 Å². The number of carbonyl (C=O) groups is 1.